The average molecular weight is 295 g/mol. The van der Waals surface area contributed by atoms with Crippen LogP contribution in [0.2, 0.25) is 0 Å². The van der Waals surface area contributed by atoms with Crippen molar-refractivity contribution < 1.29 is 9.53 Å². The Balaban J connectivity index is 1.74. The first-order chi connectivity index (χ1) is 10.1. The second kappa shape index (κ2) is 7.80. The second-order valence-electron chi connectivity index (χ2n) is 6.46. The molecule has 5 heteroatoms. The summed E-state index contributed by atoms with van der Waals surface area (Å²) >= 11 is 0. The molecule has 2 aliphatic rings. The molecular formula is C16H29N3O2. The summed E-state index contributed by atoms with van der Waals surface area (Å²) in [7, 11) is 2.17. The smallest absolute Gasteiger partial charge is 0.317 e. The molecule has 2 atom stereocenters. The van der Waals surface area contributed by atoms with Crippen molar-refractivity contribution in [3.63, 3.8) is 0 Å². The van der Waals surface area contributed by atoms with Crippen LogP contribution < -0.4 is 5.32 Å². The minimum atomic E-state index is 0.0770. The van der Waals surface area contributed by atoms with E-state index in [1.807, 2.05) is 6.92 Å². The molecule has 0 radical (unpaired) electrons. The number of ether oxygens (including phenoxy) is 1. The number of hydrogen-bond acceptors (Lipinski definition) is 3. The molecule has 2 saturated heterocycles. The number of urea groups is 1. The number of nitrogens with zero attached hydrogens (tertiary/aromatic N) is 2. The molecule has 0 aromatic rings. The van der Waals surface area contributed by atoms with Crippen LogP contribution in [0.15, 0.2) is 12.2 Å². The van der Waals surface area contributed by atoms with Gasteiger partial charge in [-0.2, -0.15) is 0 Å². The van der Waals surface area contributed by atoms with E-state index >= 15 is 0 Å². The molecule has 2 unspecified atom stereocenters. The van der Waals surface area contributed by atoms with Crippen LogP contribution >= 0.6 is 0 Å². The van der Waals surface area contributed by atoms with Crippen molar-refractivity contribution in [2.24, 2.45) is 5.92 Å². The highest BCUT2D eigenvalue weighted by Gasteiger charge is 2.37. The van der Waals surface area contributed by atoms with Gasteiger partial charge in [-0.3, -0.25) is 0 Å². The SMILES string of the molecule is C=C(C)COCCNC(=O)N1CCCC2CN(C)CCC21. The molecule has 2 rings (SSSR count). The van der Waals surface area contributed by atoms with Crippen molar-refractivity contribution in [3.05, 3.63) is 12.2 Å². The van der Waals surface area contributed by atoms with Crippen molar-refractivity contribution in [2.75, 3.05) is 46.4 Å². The summed E-state index contributed by atoms with van der Waals surface area (Å²) in [5, 5.41) is 2.99. The quantitative estimate of drug-likeness (QED) is 0.620. The van der Waals surface area contributed by atoms with Crippen molar-refractivity contribution in [1.29, 1.82) is 0 Å². The van der Waals surface area contributed by atoms with Crippen LogP contribution in [-0.2, 0) is 4.74 Å². The van der Waals surface area contributed by atoms with E-state index in [9.17, 15) is 4.79 Å². The fourth-order valence-corrected chi connectivity index (χ4v) is 3.42. The standard InChI is InChI=1S/C16H29N3O2/c1-13(2)12-21-10-7-17-16(20)19-8-4-5-14-11-18(3)9-6-15(14)19/h14-15H,1,4-12H2,2-3H3,(H,17,20). The average Bonchev–Trinajstić information content (AvgIpc) is 2.45. The number of carbonyl (C=O) groups excluding carboxylic acids is 1. The fraction of sp³-hybridized carbons (Fsp3) is 0.812. The van der Waals surface area contributed by atoms with Crippen LogP contribution in [0.5, 0.6) is 0 Å². The first kappa shape index (κ1) is 16.3. The minimum Gasteiger partial charge on any atom is -0.375 e. The number of amides is 2. The van der Waals surface area contributed by atoms with Gasteiger partial charge in [-0.05, 0) is 45.7 Å². The predicted molar refractivity (Wildman–Crippen MR) is 84.4 cm³/mol. The van der Waals surface area contributed by atoms with Gasteiger partial charge in [-0.1, -0.05) is 12.2 Å². The molecule has 2 fully saturated rings. The van der Waals surface area contributed by atoms with Crippen molar-refractivity contribution in [3.8, 4) is 0 Å². The van der Waals surface area contributed by atoms with Gasteiger partial charge in [0.25, 0.3) is 0 Å². The zero-order valence-corrected chi connectivity index (χ0v) is 13.4. The van der Waals surface area contributed by atoms with Gasteiger partial charge < -0.3 is 19.9 Å². The molecular weight excluding hydrogens is 266 g/mol. The summed E-state index contributed by atoms with van der Waals surface area (Å²) < 4.78 is 5.41. The highest BCUT2D eigenvalue weighted by atomic mass is 16.5. The number of piperidine rings is 2. The van der Waals surface area contributed by atoms with E-state index in [-0.39, 0.29) is 6.03 Å². The molecule has 2 aliphatic heterocycles. The van der Waals surface area contributed by atoms with E-state index in [2.05, 4.69) is 28.7 Å². The Bertz CT molecular complexity index is 373. The minimum absolute atomic E-state index is 0.0770. The monoisotopic (exact) mass is 295 g/mol. The number of nitrogens with one attached hydrogen (secondary N) is 1. The Morgan fingerprint density at radius 2 is 2.19 bits per heavy atom. The van der Waals surface area contributed by atoms with Crippen molar-refractivity contribution >= 4 is 6.03 Å². The Hall–Kier alpha value is -1.07. The molecule has 0 bridgehead atoms. The zero-order valence-electron chi connectivity index (χ0n) is 13.4. The van der Waals surface area contributed by atoms with Gasteiger partial charge in [0.1, 0.15) is 0 Å². The Morgan fingerprint density at radius 3 is 2.95 bits per heavy atom. The third-order valence-corrected chi connectivity index (χ3v) is 4.40. The highest BCUT2D eigenvalue weighted by Crippen LogP contribution is 2.29. The van der Waals surface area contributed by atoms with Crippen LogP contribution in [0.3, 0.4) is 0 Å². The second-order valence-corrected chi connectivity index (χ2v) is 6.46. The molecule has 0 aromatic heterocycles. The van der Waals surface area contributed by atoms with Crippen molar-refractivity contribution in [1.82, 2.24) is 15.1 Å². The van der Waals surface area contributed by atoms with Gasteiger partial charge in [0.2, 0.25) is 0 Å². The van der Waals surface area contributed by atoms with E-state index in [0.717, 1.165) is 38.0 Å². The molecule has 0 aliphatic carbocycles. The summed E-state index contributed by atoms with van der Waals surface area (Å²) in [6.45, 7) is 10.5. The third-order valence-electron chi connectivity index (χ3n) is 4.40. The molecule has 21 heavy (non-hydrogen) atoms. The van der Waals surface area contributed by atoms with E-state index in [4.69, 9.17) is 4.74 Å². The maximum absolute atomic E-state index is 12.4. The Morgan fingerprint density at radius 1 is 1.38 bits per heavy atom. The molecule has 120 valence electrons. The number of likely N-dealkylation sites (tertiary alicyclic amines) is 2. The molecule has 2 amide bonds. The molecule has 2 heterocycles. The fourth-order valence-electron chi connectivity index (χ4n) is 3.42. The molecule has 0 aromatic carbocycles. The summed E-state index contributed by atoms with van der Waals surface area (Å²) in [6.07, 6.45) is 3.47. The van der Waals surface area contributed by atoms with E-state index in [0.29, 0.717) is 31.7 Å². The molecule has 1 N–H and O–H groups in total. The Labute approximate surface area is 128 Å². The molecule has 5 nitrogen and oxygen atoms in total. The lowest BCUT2D eigenvalue weighted by atomic mass is 9.84. The topological polar surface area (TPSA) is 44.8 Å². The third kappa shape index (κ3) is 4.71. The van der Waals surface area contributed by atoms with Gasteiger partial charge in [-0.25, -0.2) is 4.79 Å². The highest BCUT2D eigenvalue weighted by molar-refractivity contribution is 5.74. The Kier molecular flexibility index (Phi) is 6.06. The summed E-state index contributed by atoms with van der Waals surface area (Å²) in [5.74, 6) is 0.642. The zero-order chi connectivity index (χ0) is 15.2. The molecule has 0 spiro atoms. The van der Waals surface area contributed by atoms with Crippen molar-refractivity contribution in [2.45, 2.75) is 32.2 Å². The number of fused-ring (bicyclic) bond motifs is 1. The van der Waals surface area contributed by atoms with Crippen LogP contribution in [0, 0.1) is 5.92 Å². The van der Waals surface area contributed by atoms with Gasteiger partial charge in [-0.15, -0.1) is 0 Å². The van der Waals surface area contributed by atoms with Crippen LogP contribution in [-0.4, -0.2) is 68.3 Å². The number of carbonyl (C=O) groups is 1. The number of hydrogen-bond donors (Lipinski definition) is 1. The lowest BCUT2D eigenvalue weighted by molar-refractivity contribution is 0.0524. The first-order valence-corrected chi connectivity index (χ1v) is 8.03. The summed E-state index contributed by atoms with van der Waals surface area (Å²) in [5.41, 5.74) is 1.01. The lowest BCUT2D eigenvalue weighted by Gasteiger charge is -2.46. The van der Waals surface area contributed by atoms with Gasteiger partial charge in [0.15, 0.2) is 0 Å². The number of rotatable bonds is 5. The van der Waals surface area contributed by atoms with Crippen LogP contribution in [0.4, 0.5) is 4.79 Å². The lowest BCUT2D eigenvalue weighted by Crippen LogP contribution is -2.57. The maximum Gasteiger partial charge on any atom is 0.317 e. The summed E-state index contributed by atoms with van der Waals surface area (Å²) in [6, 6.07) is 0.500. The summed E-state index contributed by atoms with van der Waals surface area (Å²) in [4.78, 5) is 16.8. The van der Waals surface area contributed by atoms with Gasteiger partial charge in [0, 0.05) is 25.7 Å². The van der Waals surface area contributed by atoms with Gasteiger partial charge in [0.05, 0.1) is 13.2 Å². The predicted octanol–water partition coefficient (Wildman–Crippen LogP) is 1.70. The first-order valence-electron chi connectivity index (χ1n) is 8.03. The van der Waals surface area contributed by atoms with E-state index in [1.165, 1.54) is 6.42 Å². The van der Waals surface area contributed by atoms with Crippen LogP contribution in [0.1, 0.15) is 26.2 Å². The van der Waals surface area contributed by atoms with Crippen LogP contribution in [0.25, 0.3) is 0 Å². The van der Waals surface area contributed by atoms with E-state index < -0.39 is 0 Å². The van der Waals surface area contributed by atoms with Gasteiger partial charge >= 0.3 is 6.03 Å². The van der Waals surface area contributed by atoms with E-state index in [1.54, 1.807) is 0 Å². The normalized spacial score (nSPS) is 26.3. The maximum atomic E-state index is 12.4. The largest absolute Gasteiger partial charge is 0.375 e. The molecule has 0 saturated carbocycles.